The van der Waals surface area contributed by atoms with Crippen molar-refractivity contribution in [2.75, 3.05) is 13.1 Å². The molecule has 20 heavy (non-hydrogen) atoms. The minimum atomic E-state index is 0.318. The Morgan fingerprint density at radius 2 is 1.40 bits per heavy atom. The van der Waals surface area contributed by atoms with Crippen LogP contribution in [0.25, 0.3) is 0 Å². The predicted octanol–water partition coefficient (Wildman–Crippen LogP) is 4.18. The molecule has 114 valence electrons. The number of nitrogens with two attached hydrogens (primary N) is 1. The molecule has 0 bridgehead atoms. The normalized spacial score (nSPS) is 13.8. The molecule has 0 amide bonds. The highest BCUT2D eigenvalue weighted by molar-refractivity contribution is 5.27. The third-order valence-corrected chi connectivity index (χ3v) is 3.85. The van der Waals surface area contributed by atoms with E-state index in [1.54, 1.807) is 0 Å². The van der Waals surface area contributed by atoms with E-state index >= 15 is 0 Å². The fourth-order valence-electron chi connectivity index (χ4n) is 2.69. The van der Waals surface area contributed by atoms with Crippen LogP contribution in [0.5, 0.6) is 0 Å². The molecule has 1 atom stereocenters. The summed E-state index contributed by atoms with van der Waals surface area (Å²) in [7, 11) is 0. The molecule has 1 aromatic rings. The highest BCUT2D eigenvalue weighted by atomic mass is 15.2. The second-order valence-electron chi connectivity index (χ2n) is 6.76. The van der Waals surface area contributed by atoms with Crippen LogP contribution in [0.1, 0.15) is 64.6 Å². The molecule has 2 N–H and O–H groups in total. The molecular weight excluding hydrogens is 244 g/mol. The average molecular weight is 276 g/mol. The van der Waals surface area contributed by atoms with Crippen LogP contribution < -0.4 is 5.73 Å². The number of nitrogens with zero attached hydrogens (tertiary/aromatic N) is 1. The van der Waals surface area contributed by atoms with Crippen molar-refractivity contribution in [3.63, 3.8) is 0 Å². The molecule has 0 aliphatic rings. The van der Waals surface area contributed by atoms with Gasteiger partial charge in [0.2, 0.25) is 0 Å². The molecule has 0 spiro atoms. The maximum Gasteiger partial charge on any atom is 0.0473 e. The second-order valence-corrected chi connectivity index (χ2v) is 6.76. The summed E-state index contributed by atoms with van der Waals surface area (Å²) in [5.41, 5.74) is 8.81. The highest BCUT2D eigenvalue weighted by Crippen LogP contribution is 2.25. The van der Waals surface area contributed by atoms with E-state index in [2.05, 4.69) is 70.7 Å². The van der Waals surface area contributed by atoms with Crippen LogP contribution in [0.3, 0.4) is 0 Å². The molecule has 1 rings (SSSR count). The Bertz CT molecular complexity index is 379. The van der Waals surface area contributed by atoms with Crippen LogP contribution in [0.4, 0.5) is 0 Å². The third kappa shape index (κ3) is 4.60. The van der Waals surface area contributed by atoms with E-state index < -0.39 is 0 Å². The molecule has 0 heterocycles. The van der Waals surface area contributed by atoms with Crippen LogP contribution in [0.15, 0.2) is 24.3 Å². The largest absolute Gasteiger partial charge is 0.329 e. The summed E-state index contributed by atoms with van der Waals surface area (Å²) in [6.45, 7) is 15.3. The zero-order chi connectivity index (χ0) is 15.3. The van der Waals surface area contributed by atoms with Crippen LogP contribution in [-0.4, -0.2) is 24.0 Å². The first-order chi connectivity index (χ1) is 9.36. The Labute approximate surface area is 125 Å². The van der Waals surface area contributed by atoms with E-state index in [9.17, 15) is 0 Å². The molecule has 1 unspecified atom stereocenters. The average Bonchev–Trinajstić information content (AvgIpc) is 2.38. The predicted molar refractivity (Wildman–Crippen MR) is 89.0 cm³/mol. The summed E-state index contributed by atoms with van der Waals surface area (Å²) in [6, 6.07) is 9.83. The number of rotatable bonds is 7. The SMILES string of the molecule is CC(C)CN(C(C)C)C(CN)c1ccc(C(C)C)cc1. The molecule has 0 aromatic heterocycles. The Balaban J connectivity index is 2.97. The van der Waals surface area contributed by atoms with Gasteiger partial charge in [0.05, 0.1) is 0 Å². The second kappa shape index (κ2) is 7.80. The lowest BCUT2D eigenvalue weighted by atomic mass is 9.97. The maximum absolute atomic E-state index is 6.08. The summed E-state index contributed by atoms with van der Waals surface area (Å²) in [5, 5.41) is 0. The van der Waals surface area contributed by atoms with Crippen LogP contribution in [0, 0.1) is 5.92 Å². The number of hydrogen-bond acceptors (Lipinski definition) is 2. The zero-order valence-electron chi connectivity index (χ0n) is 14.1. The highest BCUT2D eigenvalue weighted by Gasteiger charge is 2.22. The number of benzene rings is 1. The minimum absolute atomic E-state index is 0.318. The lowest BCUT2D eigenvalue weighted by Crippen LogP contribution is -2.40. The quantitative estimate of drug-likeness (QED) is 0.809. The monoisotopic (exact) mass is 276 g/mol. The number of hydrogen-bond donors (Lipinski definition) is 1. The van der Waals surface area contributed by atoms with E-state index in [0.717, 1.165) is 6.54 Å². The standard InChI is InChI=1S/C18H32N2/c1-13(2)12-20(15(5)6)18(11-19)17-9-7-16(8-10-17)14(3)4/h7-10,13-15,18H,11-12,19H2,1-6H3. The first-order valence-corrected chi connectivity index (χ1v) is 7.92. The molecule has 0 aliphatic carbocycles. The van der Waals surface area contributed by atoms with Crippen molar-refractivity contribution >= 4 is 0 Å². The van der Waals surface area contributed by atoms with Gasteiger partial charge >= 0.3 is 0 Å². The summed E-state index contributed by atoms with van der Waals surface area (Å²) in [6.07, 6.45) is 0. The van der Waals surface area contributed by atoms with Gasteiger partial charge in [-0.2, -0.15) is 0 Å². The molecule has 0 fully saturated rings. The molecular formula is C18H32N2. The van der Waals surface area contributed by atoms with Crippen molar-refractivity contribution in [1.29, 1.82) is 0 Å². The van der Waals surface area contributed by atoms with Crippen molar-refractivity contribution in [3.8, 4) is 0 Å². The van der Waals surface area contributed by atoms with Crippen molar-refractivity contribution in [2.24, 2.45) is 11.7 Å². The van der Waals surface area contributed by atoms with Crippen LogP contribution >= 0.6 is 0 Å². The summed E-state index contributed by atoms with van der Waals surface area (Å²) in [4.78, 5) is 2.52. The van der Waals surface area contributed by atoms with E-state index in [-0.39, 0.29) is 0 Å². The van der Waals surface area contributed by atoms with Gasteiger partial charge in [0.25, 0.3) is 0 Å². The van der Waals surface area contributed by atoms with Crippen LogP contribution in [-0.2, 0) is 0 Å². The lowest BCUT2D eigenvalue weighted by molar-refractivity contribution is 0.138. The van der Waals surface area contributed by atoms with E-state index in [0.29, 0.717) is 30.5 Å². The first-order valence-electron chi connectivity index (χ1n) is 7.92. The fraction of sp³-hybridized carbons (Fsp3) is 0.667. The van der Waals surface area contributed by atoms with Gasteiger partial charge in [-0.05, 0) is 36.8 Å². The van der Waals surface area contributed by atoms with Gasteiger partial charge < -0.3 is 5.73 Å². The topological polar surface area (TPSA) is 29.3 Å². The molecule has 1 aromatic carbocycles. The Morgan fingerprint density at radius 1 is 0.900 bits per heavy atom. The van der Waals surface area contributed by atoms with Gasteiger partial charge in [0.15, 0.2) is 0 Å². The molecule has 0 radical (unpaired) electrons. The Kier molecular flexibility index (Phi) is 6.70. The van der Waals surface area contributed by atoms with Crippen molar-refractivity contribution in [1.82, 2.24) is 4.90 Å². The smallest absolute Gasteiger partial charge is 0.0473 e. The maximum atomic E-state index is 6.08. The molecule has 0 saturated carbocycles. The van der Waals surface area contributed by atoms with Gasteiger partial charge in [-0.25, -0.2) is 0 Å². The zero-order valence-corrected chi connectivity index (χ0v) is 14.1. The Hall–Kier alpha value is -0.860. The molecule has 0 aliphatic heterocycles. The summed E-state index contributed by atoms with van der Waals surface area (Å²) in [5.74, 6) is 1.23. The summed E-state index contributed by atoms with van der Waals surface area (Å²) < 4.78 is 0. The van der Waals surface area contributed by atoms with Crippen molar-refractivity contribution < 1.29 is 0 Å². The fourth-order valence-corrected chi connectivity index (χ4v) is 2.69. The minimum Gasteiger partial charge on any atom is -0.329 e. The lowest BCUT2D eigenvalue weighted by Gasteiger charge is -2.36. The van der Waals surface area contributed by atoms with Crippen molar-refractivity contribution in [3.05, 3.63) is 35.4 Å². The van der Waals surface area contributed by atoms with Gasteiger partial charge in [-0.15, -0.1) is 0 Å². The summed E-state index contributed by atoms with van der Waals surface area (Å²) >= 11 is 0. The van der Waals surface area contributed by atoms with Gasteiger partial charge in [0, 0.05) is 25.2 Å². The van der Waals surface area contributed by atoms with Crippen molar-refractivity contribution in [2.45, 2.75) is 59.5 Å². The van der Waals surface area contributed by atoms with Crippen LogP contribution in [0.2, 0.25) is 0 Å². The van der Waals surface area contributed by atoms with Gasteiger partial charge in [0.1, 0.15) is 0 Å². The molecule has 2 heteroatoms. The van der Waals surface area contributed by atoms with Gasteiger partial charge in [-0.3, -0.25) is 4.90 Å². The first kappa shape index (κ1) is 17.2. The van der Waals surface area contributed by atoms with E-state index in [4.69, 9.17) is 5.73 Å². The molecule has 2 nitrogen and oxygen atoms in total. The van der Waals surface area contributed by atoms with Gasteiger partial charge in [-0.1, -0.05) is 52.0 Å². The third-order valence-electron chi connectivity index (χ3n) is 3.85. The van der Waals surface area contributed by atoms with E-state index in [1.807, 2.05) is 0 Å². The Morgan fingerprint density at radius 3 is 1.75 bits per heavy atom. The van der Waals surface area contributed by atoms with E-state index in [1.165, 1.54) is 11.1 Å². The molecule has 0 saturated heterocycles.